The maximum Gasteiger partial charge on any atom is 0.270 e. The summed E-state index contributed by atoms with van der Waals surface area (Å²) >= 11 is 5.87. The Morgan fingerprint density at radius 3 is 2.67 bits per heavy atom. The Balaban J connectivity index is 1.81. The normalized spacial score (nSPS) is 10.4. The summed E-state index contributed by atoms with van der Waals surface area (Å²) in [6.45, 7) is 3.53. The molecule has 1 amide bonds. The van der Waals surface area contributed by atoms with Crippen molar-refractivity contribution in [3.8, 4) is 0 Å². The highest BCUT2D eigenvalue weighted by Gasteiger charge is 2.07. The highest BCUT2D eigenvalue weighted by atomic mass is 35.5. The summed E-state index contributed by atoms with van der Waals surface area (Å²) < 4.78 is 0. The number of nitrogens with zero attached hydrogens (tertiary/aromatic N) is 2. The van der Waals surface area contributed by atoms with E-state index in [-0.39, 0.29) is 5.91 Å². The Bertz CT molecular complexity index is 646. The van der Waals surface area contributed by atoms with Gasteiger partial charge in [0.25, 0.3) is 5.91 Å². The molecule has 128 valence electrons. The molecule has 2 aromatic rings. The minimum Gasteiger partial charge on any atom is -0.370 e. The lowest BCUT2D eigenvalue weighted by atomic mass is 10.1. The van der Waals surface area contributed by atoms with E-state index in [1.54, 1.807) is 6.07 Å². The highest BCUT2D eigenvalue weighted by molar-refractivity contribution is 6.30. The van der Waals surface area contributed by atoms with Gasteiger partial charge in [-0.15, -0.1) is 0 Å². The number of nitrogens with one attached hydrogen (secondary N) is 2. The van der Waals surface area contributed by atoms with Crippen molar-refractivity contribution in [3.05, 3.63) is 52.9 Å². The topological polar surface area (TPSA) is 66.9 Å². The van der Waals surface area contributed by atoms with Crippen LogP contribution in [0.15, 0.2) is 36.7 Å². The van der Waals surface area contributed by atoms with Gasteiger partial charge in [0.1, 0.15) is 17.8 Å². The van der Waals surface area contributed by atoms with Crippen LogP contribution >= 0.6 is 11.6 Å². The minimum atomic E-state index is -0.158. The van der Waals surface area contributed by atoms with Crippen molar-refractivity contribution in [2.75, 3.05) is 18.4 Å². The molecule has 1 aromatic carbocycles. The summed E-state index contributed by atoms with van der Waals surface area (Å²) in [5.74, 6) is 0.493. The van der Waals surface area contributed by atoms with Crippen molar-refractivity contribution in [1.29, 1.82) is 0 Å². The average molecular weight is 347 g/mol. The number of halogens is 1. The van der Waals surface area contributed by atoms with Gasteiger partial charge in [0, 0.05) is 24.2 Å². The van der Waals surface area contributed by atoms with Crippen LogP contribution in [0.5, 0.6) is 0 Å². The second-order valence-corrected chi connectivity index (χ2v) is 5.99. The van der Waals surface area contributed by atoms with E-state index >= 15 is 0 Å². The van der Waals surface area contributed by atoms with Crippen LogP contribution in [0.4, 0.5) is 5.82 Å². The third kappa shape index (κ3) is 6.16. The lowest BCUT2D eigenvalue weighted by molar-refractivity contribution is 0.0948. The fourth-order valence-electron chi connectivity index (χ4n) is 2.23. The second kappa shape index (κ2) is 9.88. The summed E-state index contributed by atoms with van der Waals surface area (Å²) in [7, 11) is 0. The molecular formula is C18H23ClN4O. The third-order valence-corrected chi connectivity index (χ3v) is 3.85. The third-order valence-electron chi connectivity index (χ3n) is 3.60. The zero-order valence-electron chi connectivity index (χ0n) is 13.9. The van der Waals surface area contributed by atoms with Gasteiger partial charge in [0.15, 0.2) is 0 Å². The second-order valence-electron chi connectivity index (χ2n) is 5.55. The molecule has 0 bridgehead atoms. The molecule has 1 heterocycles. The maximum atomic E-state index is 12.0. The predicted octanol–water partition coefficient (Wildman–Crippen LogP) is 3.70. The van der Waals surface area contributed by atoms with Crippen LogP contribution in [-0.4, -0.2) is 29.0 Å². The number of carbonyl (C=O) groups excluding carboxylic acids is 1. The number of hydrogen-bond acceptors (Lipinski definition) is 4. The first-order valence-corrected chi connectivity index (χ1v) is 8.65. The molecule has 0 aliphatic heterocycles. The molecule has 6 heteroatoms. The SMILES string of the molecule is CCCCCNC(=O)c1cc(NCCc2ccc(Cl)cc2)ncn1. The van der Waals surface area contributed by atoms with E-state index in [1.165, 1.54) is 11.9 Å². The van der Waals surface area contributed by atoms with E-state index < -0.39 is 0 Å². The van der Waals surface area contributed by atoms with Gasteiger partial charge in [-0.3, -0.25) is 4.79 Å². The number of amides is 1. The van der Waals surface area contributed by atoms with Gasteiger partial charge < -0.3 is 10.6 Å². The van der Waals surface area contributed by atoms with Crippen molar-refractivity contribution in [3.63, 3.8) is 0 Å². The van der Waals surface area contributed by atoms with Crippen molar-refractivity contribution in [2.24, 2.45) is 0 Å². The minimum absolute atomic E-state index is 0.158. The molecule has 0 unspecified atom stereocenters. The largest absolute Gasteiger partial charge is 0.370 e. The van der Waals surface area contributed by atoms with Crippen molar-refractivity contribution in [1.82, 2.24) is 15.3 Å². The number of aromatic nitrogens is 2. The van der Waals surface area contributed by atoms with Crippen LogP contribution in [0.3, 0.4) is 0 Å². The molecule has 0 saturated heterocycles. The molecule has 0 radical (unpaired) electrons. The van der Waals surface area contributed by atoms with E-state index in [1.807, 2.05) is 24.3 Å². The number of carbonyl (C=O) groups is 1. The molecule has 0 spiro atoms. The van der Waals surface area contributed by atoms with Gasteiger partial charge in [-0.2, -0.15) is 0 Å². The van der Waals surface area contributed by atoms with E-state index in [0.29, 0.717) is 18.1 Å². The Hall–Kier alpha value is -2.14. The smallest absolute Gasteiger partial charge is 0.270 e. The number of benzene rings is 1. The van der Waals surface area contributed by atoms with E-state index in [4.69, 9.17) is 11.6 Å². The van der Waals surface area contributed by atoms with Crippen molar-refractivity contribution in [2.45, 2.75) is 32.6 Å². The van der Waals surface area contributed by atoms with Gasteiger partial charge in [0.2, 0.25) is 0 Å². The lowest BCUT2D eigenvalue weighted by Crippen LogP contribution is -2.25. The Morgan fingerprint density at radius 2 is 1.92 bits per heavy atom. The standard InChI is InChI=1S/C18H23ClN4O/c1-2-3-4-10-21-18(24)16-12-17(23-13-22-16)20-11-9-14-5-7-15(19)8-6-14/h5-8,12-13H,2-4,9-11H2,1H3,(H,21,24)(H,20,22,23). The molecule has 1 aromatic heterocycles. The number of rotatable bonds is 9. The summed E-state index contributed by atoms with van der Waals surface area (Å²) in [6.07, 6.45) is 5.48. The Kier molecular flexibility index (Phi) is 7.49. The summed E-state index contributed by atoms with van der Waals surface area (Å²) in [5.41, 5.74) is 1.57. The van der Waals surface area contributed by atoms with Crippen LogP contribution in [0.25, 0.3) is 0 Å². The highest BCUT2D eigenvalue weighted by Crippen LogP contribution is 2.10. The molecular weight excluding hydrogens is 324 g/mol. The lowest BCUT2D eigenvalue weighted by Gasteiger charge is -2.08. The fraction of sp³-hybridized carbons (Fsp3) is 0.389. The van der Waals surface area contributed by atoms with Gasteiger partial charge in [-0.05, 0) is 30.5 Å². The Labute approximate surface area is 147 Å². The van der Waals surface area contributed by atoms with Crippen LogP contribution in [0.2, 0.25) is 5.02 Å². The first-order valence-electron chi connectivity index (χ1n) is 8.27. The maximum absolute atomic E-state index is 12.0. The van der Waals surface area contributed by atoms with Crippen LogP contribution < -0.4 is 10.6 Å². The zero-order valence-corrected chi connectivity index (χ0v) is 14.6. The fourth-order valence-corrected chi connectivity index (χ4v) is 2.36. The molecule has 0 aliphatic rings. The molecule has 2 N–H and O–H groups in total. The van der Waals surface area contributed by atoms with Crippen LogP contribution in [-0.2, 0) is 6.42 Å². The van der Waals surface area contributed by atoms with Crippen LogP contribution in [0.1, 0.15) is 42.2 Å². The van der Waals surface area contributed by atoms with E-state index in [9.17, 15) is 4.79 Å². The Morgan fingerprint density at radius 1 is 1.12 bits per heavy atom. The van der Waals surface area contributed by atoms with E-state index in [2.05, 4.69) is 27.5 Å². The molecule has 2 rings (SSSR count). The first-order chi connectivity index (χ1) is 11.7. The molecule has 24 heavy (non-hydrogen) atoms. The van der Waals surface area contributed by atoms with Crippen molar-refractivity contribution >= 4 is 23.3 Å². The first kappa shape index (κ1) is 18.2. The number of anilines is 1. The summed E-state index contributed by atoms with van der Waals surface area (Å²) in [4.78, 5) is 20.2. The molecule has 0 saturated carbocycles. The summed E-state index contributed by atoms with van der Waals surface area (Å²) in [6, 6.07) is 9.43. The van der Waals surface area contributed by atoms with Gasteiger partial charge in [0.05, 0.1) is 0 Å². The number of hydrogen-bond donors (Lipinski definition) is 2. The van der Waals surface area contributed by atoms with Gasteiger partial charge >= 0.3 is 0 Å². The quantitative estimate of drug-likeness (QED) is 0.679. The number of unbranched alkanes of at least 4 members (excludes halogenated alkanes) is 2. The predicted molar refractivity (Wildman–Crippen MR) is 97.5 cm³/mol. The molecule has 0 fully saturated rings. The average Bonchev–Trinajstić information content (AvgIpc) is 2.60. The van der Waals surface area contributed by atoms with Gasteiger partial charge in [-0.1, -0.05) is 43.5 Å². The summed E-state index contributed by atoms with van der Waals surface area (Å²) in [5, 5.41) is 6.83. The van der Waals surface area contributed by atoms with Gasteiger partial charge in [-0.25, -0.2) is 9.97 Å². The zero-order chi connectivity index (χ0) is 17.2. The monoisotopic (exact) mass is 346 g/mol. The molecule has 0 atom stereocenters. The van der Waals surface area contributed by atoms with Crippen LogP contribution in [0, 0.1) is 0 Å². The van der Waals surface area contributed by atoms with E-state index in [0.717, 1.165) is 37.3 Å². The van der Waals surface area contributed by atoms with Crippen molar-refractivity contribution < 1.29 is 4.79 Å². The molecule has 5 nitrogen and oxygen atoms in total. The molecule has 0 aliphatic carbocycles.